The predicted octanol–water partition coefficient (Wildman–Crippen LogP) is 5.45. The minimum atomic E-state index is 0.0314. The maximum Gasteiger partial charge on any atom is 0.168 e. The fourth-order valence-corrected chi connectivity index (χ4v) is 5.99. The fraction of sp³-hybridized carbons (Fsp3) is 0.739. The number of oxime groups is 1. The van der Waals surface area contributed by atoms with Gasteiger partial charge in [0.2, 0.25) is 0 Å². The second-order valence-electron chi connectivity index (χ2n) is 9.40. The molecule has 0 saturated heterocycles. The molecule has 5 unspecified atom stereocenters. The molecule has 2 bridgehead atoms. The minimum absolute atomic E-state index is 0.0314. The first-order valence-electron chi connectivity index (χ1n) is 10.6. The van der Waals surface area contributed by atoms with E-state index in [9.17, 15) is 9.90 Å². The maximum absolute atomic E-state index is 13.0. The maximum atomic E-state index is 13.0. The molecule has 3 fully saturated rings. The van der Waals surface area contributed by atoms with Crippen molar-refractivity contribution in [3.8, 4) is 0 Å². The van der Waals surface area contributed by atoms with Gasteiger partial charge in [0, 0.05) is 12.8 Å². The Hall–Kier alpha value is -1.58. The van der Waals surface area contributed by atoms with Crippen molar-refractivity contribution in [3.05, 3.63) is 24.0 Å². The van der Waals surface area contributed by atoms with E-state index in [1.165, 1.54) is 12.8 Å². The van der Waals surface area contributed by atoms with Gasteiger partial charge in [0.15, 0.2) is 5.78 Å². The van der Waals surface area contributed by atoms with Crippen LogP contribution >= 0.6 is 0 Å². The molecule has 0 amide bonds. The third-order valence-corrected chi connectivity index (χ3v) is 7.63. The van der Waals surface area contributed by atoms with Crippen molar-refractivity contribution < 1.29 is 14.7 Å². The Kier molecular flexibility index (Phi) is 5.83. The Balaban J connectivity index is 1.77. The summed E-state index contributed by atoms with van der Waals surface area (Å²) in [6.07, 6.45) is 6.76. The Bertz CT molecular complexity index is 661. The van der Waals surface area contributed by atoms with E-state index >= 15 is 0 Å². The van der Waals surface area contributed by atoms with Crippen molar-refractivity contribution in [3.63, 3.8) is 0 Å². The van der Waals surface area contributed by atoms with E-state index in [-0.39, 0.29) is 17.5 Å². The fourth-order valence-electron chi connectivity index (χ4n) is 5.99. The van der Waals surface area contributed by atoms with Crippen LogP contribution < -0.4 is 0 Å². The predicted molar refractivity (Wildman–Crippen MR) is 109 cm³/mol. The van der Waals surface area contributed by atoms with Gasteiger partial charge in [-0.1, -0.05) is 51.9 Å². The molecule has 150 valence electrons. The minimum Gasteiger partial charge on any atom is -0.511 e. The normalized spacial score (nSPS) is 35.6. The number of allylic oxidation sites excluding steroid dienone is 2. The summed E-state index contributed by atoms with van der Waals surface area (Å²) < 4.78 is 0. The van der Waals surface area contributed by atoms with Gasteiger partial charge in [0.1, 0.15) is 12.4 Å². The third kappa shape index (κ3) is 3.60. The van der Waals surface area contributed by atoms with Gasteiger partial charge in [-0.25, -0.2) is 0 Å². The molecule has 4 heteroatoms. The van der Waals surface area contributed by atoms with E-state index in [0.29, 0.717) is 54.4 Å². The lowest BCUT2D eigenvalue weighted by Crippen LogP contribution is -2.56. The molecule has 0 aromatic carbocycles. The van der Waals surface area contributed by atoms with E-state index < -0.39 is 0 Å². The Labute approximate surface area is 163 Å². The number of ketones is 1. The monoisotopic (exact) mass is 373 g/mol. The van der Waals surface area contributed by atoms with Crippen molar-refractivity contribution in [1.82, 2.24) is 0 Å². The van der Waals surface area contributed by atoms with Gasteiger partial charge in [0.25, 0.3) is 0 Å². The van der Waals surface area contributed by atoms with Gasteiger partial charge in [-0.15, -0.1) is 0 Å². The number of aliphatic hydroxyl groups is 1. The van der Waals surface area contributed by atoms with Crippen molar-refractivity contribution in [1.29, 1.82) is 0 Å². The molecule has 0 heterocycles. The lowest BCUT2D eigenvalue weighted by Gasteiger charge is -2.63. The zero-order chi connectivity index (χ0) is 19.8. The summed E-state index contributed by atoms with van der Waals surface area (Å²) in [5.41, 5.74) is 1.44. The molecule has 4 aliphatic rings. The van der Waals surface area contributed by atoms with Gasteiger partial charge in [-0.3, -0.25) is 4.79 Å². The highest BCUT2D eigenvalue weighted by Gasteiger charge is 2.57. The number of carbonyl (C=O) groups is 1. The van der Waals surface area contributed by atoms with Crippen LogP contribution in [-0.2, 0) is 9.63 Å². The largest absolute Gasteiger partial charge is 0.511 e. The van der Waals surface area contributed by atoms with Crippen LogP contribution in [0.25, 0.3) is 0 Å². The molecular formula is C23H35NO3. The van der Waals surface area contributed by atoms with Crippen LogP contribution in [-0.4, -0.2) is 23.2 Å². The third-order valence-electron chi connectivity index (χ3n) is 7.63. The summed E-state index contributed by atoms with van der Waals surface area (Å²) in [5.74, 6) is 3.20. The SMILES string of the molecule is C=CCO/N=C(/CCC)C1=C(O)CC(C2CC3CC(C2C)C3(C)C)CC1=O. The topological polar surface area (TPSA) is 58.9 Å². The van der Waals surface area contributed by atoms with Gasteiger partial charge in [0.05, 0.1) is 11.3 Å². The molecule has 0 aromatic rings. The molecular weight excluding hydrogens is 338 g/mol. The average molecular weight is 374 g/mol. The lowest BCUT2D eigenvalue weighted by atomic mass is 9.42. The summed E-state index contributed by atoms with van der Waals surface area (Å²) in [4.78, 5) is 18.2. The summed E-state index contributed by atoms with van der Waals surface area (Å²) >= 11 is 0. The lowest BCUT2D eigenvalue weighted by molar-refractivity contribution is -0.144. The summed E-state index contributed by atoms with van der Waals surface area (Å²) in [7, 11) is 0. The van der Waals surface area contributed by atoms with Crippen LogP contribution in [0.4, 0.5) is 0 Å². The molecule has 4 nitrogen and oxygen atoms in total. The Morgan fingerprint density at radius 3 is 2.67 bits per heavy atom. The van der Waals surface area contributed by atoms with Gasteiger partial charge < -0.3 is 9.94 Å². The Morgan fingerprint density at radius 2 is 2.11 bits per heavy atom. The summed E-state index contributed by atoms with van der Waals surface area (Å²) in [5, 5.41) is 14.9. The molecule has 0 spiro atoms. The van der Waals surface area contributed by atoms with Crippen LogP contribution in [0.2, 0.25) is 0 Å². The second kappa shape index (κ2) is 7.81. The molecule has 0 radical (unpaired) electrons. The molecule has 0 aliphatic heterocycles. The summed E-state index contributed by atoms with van der Waals surface area (Å²) in [6, 6.07) is 0. The van der Waals surface area contributed by atoms with Crippen LogP contribution in [0.5, 0.6) is 0 Å². The summed E-state index contributed by atoms with van der Waals surface area (Å²) in [6.45, 7) is 13.1. The number of nitrogens with zero attached hydrogens (tertiary/aromatic N) is 1. The highest BCUT2D eigenvalue weighted by molar-refractivity contribution is 6.23. The Morgan fingerprint density at radius 1 is 1.37 bits per heavy atom. The number of hydrogen-bond donors (Lipinski definition) is 1. The highest BCUT2D eigenvalue weighted by atomic mass is 16.6. The molecule has 27 heavy (non-hydrogen) atoms. The molecule has 4 rings (SSSR count). The number of rotatable bonds is 7. The van der Waals surface area contributed by atoms with Crippen LogP contribution in [0.3, 0.4) is 0 Å². The molecule has 3 saturated carbocycles. The number of Topliss-reactive ketones (excluding diaryl/α,β-unsaturated/α-hetero) is 1. The van der Waals surface area contributed by atoms with Gasteiger partial charge in [-0.05, 0) is 54.3 Å². The van der Waals surface area contributed by atoms with Crippen LogP contribution in [0.15, 0.2) is 29.1 Å². The van der Waals surface area contributed by atoms with Crippen LogP contribution in [0.1, 0.15) is 66.2 Å². The first kappa shape index (κ1) is 20.2. The molecule has 0 aromatic heterocycles. The quantitative estimate of drug-likeness (QED) is 0.279. The standard InChI is InChI=1S/C23H35NO3/c1-6-8-19(24-27-9-7-2)22-20(25)10-15(11-21(22)26)17-12-16-13-18(14(17)3)23(16,4)5/h7,14-18,25H,2,6,8-13H2,1,3-5H3/b24-19-. The van der Waals surface area contributed by atoms with E-state index in [1.807, 2.05) is 6.92 Å². The molecule has 4 aliphatic carbocycles. The van der Waals surface area contributed by atoms with Crippen molar-refractivity contribution in [2.45, 2.75) is 66.2 Å². The average Bonchev–Trinajstić information content (AvgIpc) is 2.60. The van der Waals surface area contributed by atoms with E-state index in [4.69, 9.17) is 4.84 Å². The number of aliphatic hydroxyl groups excluding tert-OH is 1. The van der Waals surface area contributed by atoms with Crippen molar-refractivity contribution in [2.75, 3.05) is 6.61 Å². The number of hydrogen-bond acceptors (Lipinski definition) is 4. The van der Waals surface area contributed by atoms with E-state index in [1.54, 1.807) is 6.08 Å². The van der Waals surface area contributed by atoms with Crippen LogP contribution in [0, 0.1) is 35.0 Å². The van der Waals surface area contributed by atoms with E-state index in [2.05, 4.69) is 32.5 Å². The zero-order valence-electron chi connectivity index (χ0n) is 17.3. The molecule has 1 N–H and O–H groups in total. The molecule has 5 atom stereocenters. The van der Waals surface area contributed by atoms with Gasteiger partial charge in [-0.2, -0.15) is 0 Å². The van der Waals surface area contributed by atoms with Crippen molar-refractivity contribution in [2.24, 2.45) is 40.2 Å². The number of fused-ring (bicyclic) bond motifs is 2. The first-order valence-corrected chi connectivity index (χ1v) is 10.6. The first-order chi connectivity index (χ1) is 12.8. The van der Waals surface area contributed by atoms with Gasteiger partial charge >= 0.3 is 0 Å². The van der Waals surface area contributed by atoms with E-state index in [0.717, 1.165) is 18.3 Å². The van der Waals surface area contributed by atoms with Crippen molar-refractivity contribution >= 4 is 11.5 Å². The zero-order valence-corrected chi connectivity index (χ0v) is 17.3. The number of carbonyl (C=O) groups excluding carboxylic acids is 1. The highest BCUT2D eigenvalue weighted by Crippen LogP contribution is 2.64. The second-order valence-corrected chi connectivity index (χ2v) is 9.40. The smallest absolute Gasteiger partial charge is 0.168 e.